The van der Waals surface area contributed by atoms with E-state index in [4.69, 9.17) is 4.74 Å². The summed E-state index contributed by atoms with van der Waals surface area (Å²) in [5, 5.41) is 11.4. The van der Waals surface area contributed by atoms with Crippen molar-refractivity contribution in [2.24, 2.45) is 0 Å². The van der Waals surface area contributed by atoms with Gasteiger partial charge in [-0.3, -0.25) is 9.48 Å². The molecule has 24 heavy (non-hydrogen) atoms. The van der Waals surface area contributed by atoms with E-state index in [1.54, 1.807) is 27.8 Å². The van der Waals surface area contributed by atoms with Crippen molar-refractivity contribution in [3.63, 3.8) is 0 Å². The molecule has 2 aromatic heterocycles. The van der Waals surface area contributed by atoms with Gasteiger partial charge in [-0.1, -0.05) is 18.2 Å². The molecule has 1 N–H and O–H groups in total. The fourth-order valence-corrected chi connectivity index (χ4v) is 2.27. The van der Waals surface area contributed by atoms with E-state index in [1.165, 1.54) is 7.11 Å². The van der Waals surface area contributed by atoms with Crippen LogP contribution in [0.1, 0.15) is 30.4 Å². The summed E-state index contributed by atoms with van der Waals surface area (Å²) >= 11 is 0. The first-order valence-corrected chi connectivity index (χ1v) is 7.63. The highest BCUT2D eigenvalue weighted by Crippen LogP contribution is 2.19. The highest BCUT2D eigenvalue weighted by molar-refractivity contribution is 6.03. The number of hydrogen-bond donors (Lipinski definition) is 1. The van der Waals surface area contributed by atoms with Crippen LogP contribution in [0.3, 0.4) is 0 Å². The Balaban J connectivity index is 1.90. The molecular weight excluding hydrogens is 306 g/mol. The van der Waals surface area contributed by atoms with Gasteiger partial charge in [0.25, 0.3) is 5.91 Å². The number of aromatic nitrogens is 4. The van der Waals surface area contributed by atoms with E-state index in [-0.39, 0.29) is 11.9 Å². The van der Waals surface area contributed by atoms with Gasteiger partial charge in [-0.15, -0.1) is 5.10 Å². The van der Waals surface area contributed by atoms with E-state index in [0.717, 1.165) is 5.69 Å². The molecule has 0 radical (unpaired) electrons. The summed E-state index contributed by atoms with van der Waals surface area (Å²) in [7, 11) is 1.52. The molecular formula is C17H19N5O2. The zero-order chi connectivity index (χ0) is 17.1. The number of carbonyl (C=O) groups excluding carboxylic acids is 1. The van der Waals surface area contributed by atoms with Crippen LogP contribution in [-0.4, -0.2) is 32.6 Å². The molecule has 0 saturated heterocycles. The van der Waals surface area contributed by atoms with Gasteiger partial charge >= 0.3 is 0 Å². The first kappa shape index (κ1) is 15.8. The third-order valence-electron chi connectivity index (χ3n) is 3.52. The van der Waals surface area contributed by atoms with E-state index >= 15 is 0 Å². The Hall–Kier alpha value is -3.09. The second-order valence-corrected chi connectivity index (χ2v) is 5.58. The van der Waals surface area contributed by atoms with E-state index in [0.29, 0.717) is 17.3 Å². The second kappa shape index (κ2) is 6.57. The van der Waals surface area contributed by atoms with Gasteiger partial charge in [0, 0.05) is 18.3 Å². The number of benzene rings is 1. The average Bonchev–Trinajstić information content (AvgIpc) is 3.22. The molecule has 0 aliphatic carbocycles. The van der Waals surface area contributed by atoms with E-state index < -0.39 is 0 Å². The number of ether oxygens (including phenoxy) is 1. The zero-order valence-electron chi connectivity index (χ0n) is 13.8. The van der Waals surface area contributed by atoms with Gasteiger partial charge in [-0.25, -0.2) is 4.68 Å². The van der Waals surface area contributed by atoms with Gasteiger partial charge < -0.3 is 10.1 Å². The van der Waals surface area contributed by atoms with Gasteiger partial charge in [0.15, 0.2) is 0 Å². The number of nitrogens with one attached hydrogen (secondary N) is 1. The van der Waals surface area contributed by atoms with Crippen LogP contribution in [0.5, 0.6) is 5.88 Å². The van der Waals surface area contributed by atoms with E-state index in [2.05, 4.69) is 15.5 Å². The molecule has 1 amide bonds. The Morgan fingerprint density at radius 1 is 1.25 bits per heavy atom. The van der Waals surface area contributed by atoms with Crippen molar-refractivity contribution in [2.45, 2.75) is 19.9 Å². The topological polar surface area (TPSA) is 74.0 Å². The summed E-state index contributed by atoms with van der Waals surface area (Å²) in [6, 6.07) is 11.3. The van der Waals surface area contributed by atoms with Crippen LogP contribution < -0.4 is 10.1 Å². The predicted octanol–water partition coefficient (Wildman–Crippen LogP) is 2.91. The lowest BCUT2D eigenvalue weighted by atomic mass is 10.3. The van der Waals surface area contributed by atoms with E-state index in [9.17, 15) is 4.79 Å². The molecule has 0 bridgehead atoms. The molecule has 3 rings (SSSR count). The fraction of sp³-hybridized carbons (Fsp3) is 0.235. The SMILES string of the molecule is COc1cc(C(=O)Nc2cnn(C(C)C)c2)n(-c2ccccc2)n1. The van der Waals surface area contributed by atoms with Gasteiger partial charge in [0.1, 0.15) is 5.69 Å². The average molecular weight is 325 g/mol. The largest absolute Gasteiger partial charge is 0.480 e. The molecule has 0 aliphatic heterocycles. The number of para-hydroxylation sites is 1. The van der Waals surface area contributed by atoms with Crippen molar-refractivity contribution in [1.82, 2.24) is 19.6 Å². The fourth-order valence-electron chi connectivity index (χ4n) is 2.27. The Bertz CT molecular complexity index is 836. The maximum Gasteiger partial charge on any atom is 0.274 e. The second-order valence-electron chi connectivity index (χ2n) is 5.58. The normalized spacial score (nSPS) is 10.8. The van der Waals surface area contributed by atoms with Crippen LogP contribution in [0.25, 0.3) is 5.69 Å². The molecule has 2 heterocycles. The van der Waals surface area contributed by atoms with Crippen molar-refractivity contribution in [1.29, 1.82) is 0 Å². The van der Waals surface area contributed by atoms with Crippen molar-refractivity contribution < 1.29 is 9.53 Å². The maximum absolute atomic E-state index is 12.7. The number of amides is 1. The van der Waals surface area contributed by atoms with Crippen LogP contribution >= 0.6 is 0 Å². The van der Waals surface area contributed by atoms with Gasteiger partial charge in [0.2, 0.25) is 5.88 Å². The number of anilines is 1. The molecule has 7 nitrogen and oxygen atoms in total. The molecule has 124 valence electrons. The van der Waals surface area contributed by atoms with Gasteiger partial charge in [-0.2, -0.15) is 5.10 Å². The first-order valence-electron chi connectivity index (χ1n) is 7.63. The van der Waals surface area contributed by atoms with Crippen molar-refractivity contribution in [3.8, 4) is 11.6 Å². The Labute approximate surface area is 139 Å². The summed E-state index contributed by atoms with van der Waals surface area (Å²) in [5.74, 6) is 0.0971. The summed E-state index contributed by atoms with van der Waals surface area (Å²) in [6.07, 6.45) is 3.42. The Morgan fingerprint density at radius 2 is 2.00 bits per heavy atom. The Morgan fingerprint density at radius 3 is 2.62 bits per heavy atom. The lowest BCUT2D eigenvalue weighted by molar-refractivity contribution is 0.101. The minimum atomic E-state index is -0.280. The quantitative estimate of drug-likeness (QED) is 0.783. The number of carbonyl (C=O) groups is 1. The highest BCUT2D eigenvalue weighted by Gasteiger charge is 2.18. The number of hydrogen-bond acceptors (Lipinski definition) is 4. The molecule has 0 fully saturated rings. The molecule has 7 heteroatoms. The summed E-state index contributed by atoms with van der Waals surface area (Å²) in [6.45, 7) is 4.04. The molecule has 1 aromatic carbocycles. The monoisotopic (exact) mass is 325 g/mol. The highest BCUT2D eigenvalue weighted by atomic mass is 16.5. The minimum absolute atomic E-state index is 0.227. The number of nitrogens with zero attached hydrogens (tertiary/aromatic N) is 4. The van der Waals surface area contributed by atoms with Crippen molar-refractivity contribution in [2.75, 3.05) is 12.4 Å². The van der Waals surface area contributed by atoms with Crippen LogP contribution in [-0.2, 0) is 0 Å². The van der Waals surface area contributed by atoms with Crippen molar-refractivity contribution in [3.05, 3.63) is 54.5 Å². The standard InChI is InChI=1S/C17H19N5O2/c1-12(2)21-11-13(10-18-21)19-17(23)15-9-16(24-3)20-22(15)14-7-5-4-6-8-14/h4-12H,1-3H3,(H,19,23). The molecule has 0 unspecified atom stereocenters. The number of rotatable bonds is 5. The molecule has 0 atom stereocenters. The van der Waals surface area contributed by atoms with E-state index in [1.807, 2.05) is 44.2 Å². The minimum Gasteiger partial charge on any atom is -0.480 e. The molecule has 3 aromatic rings. The Kier molecular flexibility index (Phi) is 4.33. The van der Waals surface area contributed by atoms with Crippen LogP contribution in [0.2, 0.25) is 0 Å². The third-order valence-corrected chi connectivity index (χ3v) is 3.52. The molecule has 0 saturated carbocycles. The molecule has 0 aliphatic rings. The first-order chi connectivity index (χ1) is 11.6. The third kappa shape index (κ3) is 3.15. The van der Waals surface area contributed by atoms with Crippen molar-refractivity contribution >= 4 is 11.6 Å². The van der Waals surface area contributed by atoms with Gasteiger partial charge in [0.05, 0.1) is 24.7 Å². The maximum atomic E-state index is 12.7. The number of methoxy groups -OCH3 is 1. The smallest absolute Gasteiger partial charge is 0.274 e. The predicted molar refractivity (Wildman–Crippen MR) is 90.7 cm³/mol. The zero-order valence-corrected chi connectivity index (χ0v) is 13.8. The molecule has 0 spiro atoms. The van der Waals surface area contributed by atoms with Crippen LogP contribution in [0, 0.1) is 0 Å². The lowest BCUT2D eigenvalue weighted by Crippen LogP contribution is -2.16. The summed E-state index contributed by atoms with van der Waals surface area (Å²) < 4.78 is 8.50. The van der Waals surface area contributed by atoms with Crippen LogP contribution in [0.4, 0.5) is 5.69 Å². The van der Waals surface area contributed by atoms with Gasteiger partial charge in [-0.05, 0) is 26.0 Å². The summed E-state index contributed by atoms with van der Waals surface area (Å²) in [5.41, 5.74) is 1.80. The van der Waals surface area contributed by atoms with Crippen LogP contribution in [0.15, 0.2) is 48.8 Å². The summed E-state index contributed by atoms with van der Waals surface area (Å²) in [4.78, 5) is 12.7. The lowest BCUT2D eigenvalue weighted by Gasteiger charge is -2.07.